The second kappa shape index (κ2) is 8.68. The third-order valence-corrected chi connectivity index (χ3v) is 5.84. The number of unbranched alkanes of at least 4 members (excludes halogenated alkanes) is 3. The van der Waals surface area contributed by atoms with Crippen molar-refractivity contribution in [3.8, 4) is 0 Å². The maximum Gasteiger partial charge on any atom is 0.311 e. The predicted molar refractivity (Wildman–Crippen MR) is 95.9 cm³/mol. The first-order chi connectivity index (χ1) is 11.2. The van der Waals surface area contributed by atoms with E-state index in [-0.39, 0.29) is 5.92 Å². The lowest BCUT2D eigenvalue weighted by Crippen LogP contribution is -2.56. The molecule has 1 aliphatic carbocycles. The zero-order chi connectivity index (χ0) is 18.4. The highest BCUT2D eigenvalue weighted by atomic mass is 16.4. The van der Waals surface area contributed by atoms with Crippen molar-refractivity contribution in [1.82, 2.24) is 0 Å². The molecule has 1 rings (SSSR count). The lowest BCUT2D eigenvalue weighted by molar-refractivity contribution is -0.181. The Balaban J connectivity index is 2.90. The van der Waals surface area contributed by atoms with Crippen LogP contribution in [0.1, 0.15) is 79.1 Å². The molecule has 138 valence electrons. The first kappa shape index (κ1) is 20.7. The van der Waals surface area contributed by atoms with E-state index >= 15 is 0 Å². The summed E-state index contributed by atoms with van der Waals surface area (Å²) in [5, 5.41) is 19.9. The van der Waals surface area contributed by atoms with Crippen molar-refractivity contribution >= 4 is 11.9 Å². The largest absolute Gasteiger partial charge is 0.481 e. The normalized spacial score (nSPS) is 26.9. The summed E-state index contributed by atoms with van der Waals surface area (Å²) in [4.78, 5) is 24.4. The third-order valence-electron chi connectivity index (χ3n) is 5.84. The molecule has 2 unspecified atom stereocenters. The summed E-state index contributed by atoms with van der Waals surface area (Å²) in [6, 6.07) is 0. The van der Waals surface area contributed by atoms with Crippen molar-refractivity contribution in [3.05, 3.63) is 12.2 Å². The molecule has 2 N–H and O–H groups in total. The second-order valence-electron chi connectivity index (χ2n) is 8.04. The van der Waals surface area contributed by atoms with Crippen LogP contribution in [0.2, 0.25) is 0 Å². The van der Waals surface area contributed by atoms with Crippen LogP contribution in [0.5, 0.6) is 0 Å². The molecule has 0 amide bonds. The molecule has 0 bridgehead atoms. The molecule has 1 aliphatic rings. The Kier molecular flexibility index (Phi) is 7.50. The molecule has 0 aromatic rings. The highest BCUT2D eigenvalue weighted by Crippen LogP contribution is 2.56. The smallest absolute Gasteiger partial charge is 0.311 e. The van der Waals surface area contributed by atoms with Crippen molar-refractivity contribution in [2.24, 2.45) is 22.7 Å². The maximum absolute atomic E-state index is 12.2. The molecule has 0 fully saturated rings. The van der Waals surface area contributed by atoms with E-state index < -0.39 is 22.8 Å². The van der Waals surface area contributed by atoms with E-state index in [9.17, 15) is 19.8 Å². The number of rotatable bonds is 10. The predicted octanol–water partition coefficient (Wildman–Crippen LogP) is 5.13. The van der Waals surface area contributed by atoms with Crippen molar-refractivity contribution in [1.29, 1.82) is 0 Å². The van der Waals surface area contributed by atoms with Gasteiger partial charge < -0.3 is 10.2 Å². The van der Waals surface area contributed by atoms with Crippen molar-refractivity contribution < 1.29 is 19.8 Å². The Morgan fingerprint density at radius 3 is 2.00 bits per heavy atom. The second-order valence-corrected chi connectivity index (χ2v) is 8.04. The zero-order valence-electron chi connectivity index (χ0n) is 15.7. The minimum Gasteiger partial charge on any atom is -0.481 e. The molecule has 2 atom stereocenters. The van der Waals surface area contributed by atoms with Crippen LogP contribution < -0.4 is 0 Å². The molecular weight excluding hydrogens is 304 g/mol. The summed E-state index contributed by atoms with van der Waals surface area (Å²) >= 11 is 0. The van der Waals surface area contributed by atoms with Gasteiger partial charge in [0.2, 0.25) is 0 Å². The lowest BCUT2D eigenvalue weighted by atomic mass is 9.51. The average molecular weight is 338 g/mol. The van der Waals surface area contributed by atoms with Crippen LogP contribution in [0.15, 0.2) is 12.2 Å². The van der Waals surface area contributed by atoms with Crippen LogP contribution >= 0.6 is 0 Å². The SMILES string of the molecule is CC(C)CCCCCCC1(C(=O)O)CC=CCC1(C(=O)O)C(C)C. The monoisotopic (exact) mass is 338 g/mol. The number of allylic oxidation sites excluding steroid dienone is 2. The van der Waals surface area contributed by atoms with Crippen LogP contribution in [0.4, 0.5) is 0 Å². The molecule has 0 aromatic carbocycles. The lowest BCUT2D eigenvalue weighted by Gasteiger charge is -2.49. The van der Waals surface area contributed by atoms with Crippen LogP contribution in [0.25, 0.3) is 0 Å². The van der Waals surface area contributed by atoms with Gasteiger partial charge in [-0.05, 0) is 31.1 Å². The molecule has 0 radical (unpaired) electrons. The Morgan fingerprint density at radius 2 is 1.50 bits per heavy atom. The van der Waals surface area contributed by atoms with Crippen LogP contribution in [0, 0.1) is 22.7 Å². The Bertz CT molecular complexity index is 466. The first-order valence-electron chi connectivity index (χ1n) is 9.32. The minimum absolute atomic E-state index is 0.225. The fourth-order valence-electron chi connectivity index (χ4n) is 4.30. The van der Waals surface area contributed by atoms with Gasteiger partial charge >= 0.3 is 11.9 Å². The zero-order valence-corrected chi connectivity index (χ0v) is 15.7. The van der Waals surface area contributed by atoms with Crippen molar-refractivity contribution in [2.45, 2.75) is 79.1 Å². The molecular formula is C20H34O4. The summed E-state index contributed by atoms with van der Waals surface area (Å²) < 4.78 is 0. The van der Waals surface area contributed by atoms with E-state index in [0.717, 1.165) is 25.7 Å². The molecule has 0 saturated carbocycles. The molecule has 0 saturated heterocycles. The average Bonchev–Trinajstić information content (AvgIpc) is 2.49. The van der Waals surface area contributed by atoms with E-state index in [1.807, 2.05) is 26.0 Å². The van der Waals surface area contributed by atoms with Gasteiger partial charge in [-0.25, -0.2) is 0 Å². The minimum atomic E-state index is -1.22. The van der Waals surface area contributed by atoms with Crippen molar-refractivity contribution in [2.75, 3.05) is 0 Å². The topological polar surface area (TPSA) is 74.6 Å². The quantitative estimate of drug-likeness (QED) is 0.428. The standard InChI is InChI=1S/C20H34O4/c1-15(2)11-7-5-6-8-12-19(17(21)22)13-9-10-14-20(19,16(3)4)18(23)24/h9-10,15-16H,5-8,11-14H2,1-4H3,(H,21,22)(H,23,24). The first-order valence-corrected chi connectivity index (χ1v) is 9.32. The van der Waals surface area contributed by atoms with Crippen LogP contribution in [-0.2, 0) is 9.59 Å². The fraction of sp³-hybridized carbons (Fsp3) is 0.800. The summed E-state index contributed by atoms with van der Waals surface area (Å²) in [6.07, 6.45) is 9.96. The summed E-state index contributed by atoms with van der Waals surface area (Å²) in [6.45, 7) is 8.09. The van der Waals surface area contributed by atoms with Crippen LogP contribution in [0.3, 0.4) is 0 Å². The van der Waals surface area contributed by atoms with Gasteiger partial charge in [0.1, 0.15) is 0 Å². The molecule has 0 heterocycles. The summed E-state index contributed by atoms with van der Waals surface area (Å²) in [5.41, 5.74) is -2.41. The fourth-order valence-corrected chi connectivity index (χ4v) is 4.30. The third kappa shape index (κ3) is 4.01. The number of hydrogen-bond donors (Lipinski definition) is 2. The van der Waals surface area contributed by atoms with Gasteiger partial charge in [0.15, 0.2) is 0 Å². The van der Waals surface area contributed by atoms with Gasteiger partial charge in [0.05, 0.1) is 10.8 Å². The molecule has 0 spiro atoms. The Morgan fingerprint density at radius 1 is 0.917 bits per heavy atom. The Labute approximate surface area is 146 Å². The van der Waals surface area contributed by atoms with Gasteiger partial charge in [-0.3, -0.25) is 9.59 Å². The summed E-state index contributed by atoms with van der Waals surface area (Å²) in [7, 11) is 0. The van der Waals surface area contributed by atoms with Gasteiger partial charge in [-0.2, -0.15) is 0 Å². The van der Waals surface area contributed by atoms with E-state index in [2.05, 4.69) is 13.8 Å². The number of carboxylic acids is 2. The number of aliphatic carboxylic acids is 2. The number of hydrogen-bond acceptors (Lipinski definition) is 2. The Hall–Kier alpha value is -1.32. The highest BCUT2D eigenvalue weighted by molar-refractivity contribution is 5.87. The molecule has 4 nitrogen and oxygen atoms in total. The van der Waals surface area contributed by atoms with Gasteiger partial charge in [-0.15, -0.1) is 0 Å². The molecule has 24 heavy (non-hydrogen) atoms. The highest BCUT2D eigenvalue weighted by Gasteiger charge is 2.62. The van der Waals surface area contributed by atoms with E-state index in [1.54, 1.807) is 0 Å². The van der Waals surface area contributed by atoms with Gasteiger partial charge in [-0.1, -0.05) is 72.0 Å². The van der Waals surface area contributed by atoms with Gasteiger partial charge in [0, 0.05) is 0 Å². The van der Waals surface area contributed by atoms with Gasteiger partial charge in [0.25, 0.3) is 0 Å². The summed E-state index contributed by atoms with van der Waals surface area (Å²) in [5.74, 6) is -1.45. The molecule has 0 aliphatic heterocycles. The number of carboxylic acid groups (broad SMARTS) is 2. The van der Waals surface area contributed by atoms with E-state index in [4.69, 9.17) is 0 Å². The van der Waals surface area contributed by atoms with Crippen LogP contribution in [-0.4, -0.2) is 22.2 Å². The van der Waals surface area contributed by atoms with E-state index in [0.29, 0.717) is 25.2 Å². The number of carbonyl (C=O) groups is 2. The molecule has 0 aromatic heterocycles. The maximum atomic E-state index is 12.2. The molecule has 4 heteroatoms. The van der Waals surface area contributed by atoms with Crippen molar-refractivity contribution in [3.63, 3.8) is 0 Å². The van der Waals surface area contributed by atoms with E-state index in [1.165, 1.54) is 6.42 Å².